The second kappa shape index (κ2) is 7.86. The Labute approximate surface area is 152 Å². The number of aromatic nitrogens is 3. The number of nitrogens with one attached hydrogen (secondary N) is 2. The molecule has 0 unspecified atom stereocenters. The number of aryl methyl sites for hydroxylation is 1. The fourth-order valence-corrected chi connectivity index (χ4v) is 2.68. The molecule has 2 N–H and O–H groups in total. The van der Waals surface area contributed by atoms with E-state index in [9.17, 15) is 4.79 Å². The Hall–Kier alpha value is -3.09. The Morgan fingerprint density at radius 1 is 1.23 bits per heavy atom. The van der Waals surface area contributed by atoms with Crippen LogP contribution in [-0.4, -0.2) is 33.7 Å². The molecular formula is C19H23N5O2. The van der Waals surface area contributed by atoms with Crippen molar-refractivity contribution in [2.75, 3.05) is 11.9 Å². The third-order valence-electron chi connectivity index (χ3n) is 3.88. The van der Waals surface area contributed by atoms with Gasteiger partial charge in [0.25, 0.3) is 0 Å². The second-order valence-electron chi connectivity index (χ2n) is 6.32. The number of carbonyl (C=O) groups excluding carboxylic acids is 1. The van der Waals surface area contributed by atoms with E-state index in [1.807, 2.05) is 57.3 Å². The summed E-state index contributed by atoms with van der Waals surface area (Å²) in [6.45, 7) is 4.50. The summed E-state index contributed by atoms with van der Waals surface area (Å²) in [7, 11) is 1.83. The summed E-state index contributed by atoms with van der Waals surface area (Å²) >= 11 is 0. The van der Waals surface area contributed by atoms with Crippen LogP contribution in [0.1, 0.15) is 19.4 Å². The standard InChI is InChI=1S/C19H23N5O2/c1-13(2)26-18-7-5-4-6-14(18)10-11-20-19(25)21-15-8-9-17-16(12-15)22-23-24(17)3/h4-9,12-13H,10-11H2,1-3H3,(H2,20,21,25). The number of benzene rings is 2. The monoisotopic (exact) mass is 353 g/mol. The second-order valence-corrected chi connectivity index (χ2v) is 6.32. The molecule has 0 radical (unpaired) electrons. The first-order valence-corrected chi connectivity index (χ1v) is 8.62. The van der Waals surface area contributed by atoms with E-state index in [4.69, 9.17) is 4.74 Å². The summed E-state index contributed by atoms with van der Waals surface area (Å²) in [5.41, 5.74) is 3.41. The SMILES string of the molecule is CC(C)Oc1ccccc1CCNC(=O)Nc1ccc2c(c1)nnn2C. The molecule has 0 aliphatic carbocycles. The minimum Gasteiger partial charge on any atom is -0.491 e. The molecule has 2 amide bonds. The Balaban J connectivity index is 1.54. The lowest BCUT2D eigenvalue weighted by Crippen LogP contribution is -2.30. The molecule has 0 fully saturated rings. The fourth-order valence-electron chi connectivity index (χ4n) is 2.68. The summed E-state index contributed by atoms with van der Waals surface area (Å²) in [6.07, 6.45) is 0.808. The van der Waals surface area contributed by atoms with Gasteiger partial charge in [0.15, 0.2) is 0 Å². The van der Waals surface area contributed by atoms with Gasteiger partial charge in [-0.05, 0) is 50.1 Å². The summed E-state index contributed by atoms with van der Waals surface area (Å²) in [5.74, 6) is 0.859. The smallest absolute Gasteiger partial charge is 0.319 e. The fraction of sp³-hybridized carbons (Fsp3) is 0.316. The average molecular weight is 353 g/mol. The van der Waals surface area contributed by atoms with Crippen molar-refractivity contribution in [2.45, 2.75) is 26.4 Å². The summed E-state index contributed by atoms with van der Waals surface area (Å²) < 4.78 is 7.49. The molecule has 0 bridgehead atoms. The summed E-state index contributed by atoms with van der Waals surface area (Å²) in [5, 5.41) is 13.7. The van der Waals surface area contributed by atoms with Crippen molar-refractivity contribution < 1.29 is 9.53 Å². The first kappa shape index (κ1) is 17.7. The zero-order valence-corrected chi connectivity index (χ0v) is 15.2. The highest BCUT2D eigenvalue weighted by atomic mass is 16.5. The molecule has 0 atom stereocenters. The molecule has 7 nitrogen and oxygen atoms in total. The van der Waals surface area contributed by atoms with Gasteiger partial charge in [0, 0.05) is 19.3 Å². The van der Waals surface area contributed by atoms with Crippen molar-refractivity contribution in [3.8, 4) is 5.75 Å². The topological polar surface area (TPSA) is 81.1 Å². The number of amides is 2. The van der Waals surface area contributed by atoms with Crippen LogP contribution in [0.2, 0.25) is 0 Å². The highest BCUT2D eigenvalue weighted by Gasteiger charge is 2.08. The Morgan fingerprint density at radius 3 is 2.85 bits per heavy atom. The quantitative estimate of drug-likeness (QED) is 0.713. The van der Waals surface area contributed by atoms with Crippen molar-refractivity contribution in [1.29, 1.82) is 0 Å². The molecule has 26 heavy (non-hydrogen) atoms. The van der Waals surface area contributed by atoms with Crippen LogP contribution in [0.15, 0.2) is 42.5 Å². The summed E-state index contributed by atoms with van der Waals surface area (Å²) in [4.78, 5) is 12.1. The van der Waals surface area contributed by atoms with Gasteiger partial charge in [0.05, 0.1) is 11.6 Å². The van der Waals surface area contributed by atoms with Gasteiger partial charge in [-0.2, -0.15) is 0 Å². The molecule has 3 aromatic rings. The molecule has 2 aromatic carbocycles. The van der Waals surface area contributed by atoms with E-state index in [0.717, 1.165) is 22.3 Å². The molecular weight excluding hydrogens is 330 g/mol. The largest absolute Gasteiger partial charge is 0.491 e. The van der Waals surface area contributed by atoms with Crippen molar-refractivity contribution in [3.05, 3.63) is 48.0 Å². The number of urea groups is 1. The maximum absolute atomic E-state index is 12.1. The van der Waals surface area contributed by atoms with Gasteiger partial charge in [0.1, 0.15) is 11.3 Å². The maximum Gasteiger partial charge on any atom is 0.319 e. The van der Waals surface area contributed by atoms with Crippen LogP contribution in [0.25, 0.3) is 11.0 Å². The molecule has 1 aromatic heterocycles. The van der Waals surface area contributed by atoms with Crippen molar-refractivity contribution >= 4 is 22.8 Å². The predicted molar refractivity (Wildman–Crippen MR) is 101 cm³/mol. The van der Waals surface area contributed by atoms with Crippen LogP contribution < -0.4 is 15.4 Å². The van der Waals surface area contributed by atoms with Crippen molar-refractivity contribution in [1.82, 2.24) is 20.3 Å². The van der Waals surface area contributed by atoms with Crippen molar-refractivity contribution in [3.63, 3.8) is 0 Å². The minimum atomic E-state index is -0.254. The molecule has 0 spiro atoms. The third-order valence-corrected chi connectivity index (χ3v) is 3.88. The molecule has 0 aliphatic rings. The van der Waals surface area contributed by atoms with E-state index in [-0.39, 0.29) is 12.1 Å². The van der Waals surface area contributed by atoms with E-state index in [2.05, 4.69) is 20.9 Å². The molecule has 1 heterocycles. The molecule has 0 saturated carbocycles. The van der Waals surface area contributed by atoms with Crippen LogP contribution in [0.3, 0.4) is 0 Å². The number of rotatable bonds is 6. The van der Waals surface area contributed by atoms with E-state index in [1.54, 1.807) is 10.7 Å². The van der Waals surface area contributed by atoms with Gasteiger partial charge >= 0.3 is 6.03 Å². The van der Waals surface area contributed by atoms with Crippen LogP contribution in [0, 0.1) is 0 Å². The number of hydrogen-bond acceptors (Lipinski definition) is 4. The Morgan fingerprint density at radius 2 is 2.04 bits per heavy atom. The van der Waals surface area contributed by atoms with Gasteiger partial charge < -0.3 is 15.4 Å². The summed E-state index contributed by atoms with van der Waals surface area (Å²) in [6, 6.07) is 13.1. The molecule has 0 saturated heterocycles. The van der Waals surface area contributed by atoms with Gasteiger partial charge in [-0.15, -0.1) is 5.10 Å². The highest BCUT2D eigenvalue weighted by molar-refractivity contribution is 5.91. The maximum atomic E-state index is 12.1. The normalized spacial score (nSPS) is 10.9. The zero-order chi connectivity index (χ0) is 18.5. The van der Waals surface area contributed by atoms with Gasteiger partial charge in [-0.25, -0.2) is 9.48 Å². The Kier molecular flexibility index (Phi) is 5.36. The van der Waals surface area contributed by atoms with Gasteiger partial charge in [-0.3, -0.25) is 0 Å². The van der Waals surface area contributed by atoms with Gasteiger partial charge in [0.2, 0.25) is 0 Å². The third kappa shape index (κ3) is 4.30. The van der Waals surface area contributed by atoms with Crippen LogP contribution in [-0.2, 0) is 13.5 Å². The minimum absolute atomic E-state index is 0.114. The number of fused-ring (bicyclic) bond motifs is 1. The van der Waals surface area contributed by atoms with Crippen molar-refractivity contribution in [2.24, 2.45) is 7.05 Å². The van der Waals surface area contributed by atoms with Gasteiger partial charge in [-0.1, -0.05) is 23.4 Å². The van der Waals surface area contributed by atoms with E-state index < -0.39 is 0 Å². The van der Waals surface area contributed by atoms with Crippen LogP contribution >= 0.6 is 0 Å². The number of para-hydroxylation sites is 1. The Bertz CT molecular complexity index is 904. The zero-order valence-electron chi connectivity index (χ0n) is 15.2. The lowest BCUT2D eigenvalue weighted by Gasteiger charge is -2.14. The van der Waals surface area contributed by atoms with E-state index >= 15 is 0 Å². The molecule has 3 rings (SSSR count). The lowest BCUT2D eigenvalue weighted by atomic mass is 10.1. The lowest BCUT2D eigenvalue weighted by molar-refractivity contribution is 0.239. The van der Waals surface area contributed by atoms with Crippen LogP contribution in [0.4, 0.5) is 10.5 Å². The van der Waals surface area contributed by atoms with E-state index in [1.165, 1.54) is 0 Å². The number of ether oxygens (including phenoxy) is 1. The number of nitrogens with zero attached hydrogens (tertiary/aromatic N) is 3. The highest BCUT2D eigenvalue weighted by Crippen LogP contribution is 2.20. The molecule has 0 aliphatic heterocycles. The average Bonchev–Trinajstić information content (AvgIpc) is 2.96. The molecule has 7 heteroatoms. The van der Waals surface area contributed by atoms with Crippen LogP contribution in [0.5, 0.6) is 5.75 Å². The predicted octanol–water partition coefficient (Wildman–Crippen LogP) is 3.12. The molecule has 136 valence electrons. The number of anilines is 1. The first-order chi connectivity index (χ1) is 12.5. The van der Waals surface area contributed by atoms with E-state index in [0.29, 0.717) is 18.7 Å². The first-order valence-electron chi connectivity index (χ1n) is 8.62. The number of hydrogen-bond donors (Lipinski definition) is 2. The number of carbonyl (C=O) groups is 1.